The first-order chi connectivity index (χ1) is 11.2. The van der Waals surface area contributed by atoms with Gasteiger partial charge in [0.25, 0.3) is 0 Å². The monoisotopic (exact) mass is 354 g/mol. The van der Waals surface area contributed by atoms with E-state index in [-0.39, 0.29) is 24.0 Å². The third kappa shape index (κ3) is 7.03. The van der Waals surface area contributed by atoms with E-state index in [4.69, 9.17) is 18.6 Å². The first-order valence-corrected chi connectivity index (χ1v) is 11.5. The third-order valence-corrected chi connectivity index (χ3v) is 9.19. The van der Waals surface area contributed by atoms with Crippen LogP contribution in [0, 0.1) is 0 Å². The highest BCUT2D eigenvalue weighted by Gasteiger charge is 2.38. The van der Waals surface area contributed by atoms with Crippen LogP contribution in [0.4, 0.5) is 0 Å². The van der Waals surface area contributed by atoms with Crippen LogP contribution in [0.3, 0.4) is 0 Å². The van der Waals surface area contributed by atoms with Crippen molar-refractivity contribution >= 4 is 8.32 Å². The molecule has 0 aliphatic carbocycles. The molecule has 0 heterocycles. The fourth-order valence-corrected chi connectivity index (χ4v) is 2.90. The number of hydrogen-bond acceptors (Lipinski definition) is 4. The summed E-state index contributed by atoms with van der Waals surface area (Å²) in [4.78, 5) is 0. The van der Waals surface area contributed by atoms with Gasteiger partial charge in [-0.3, -0.25) is 0 Å². The lowest BCUT2D eigenvalue weighted by Crippen LogP contribution is -2.45. The van der Waals surface area contributed by atoms with Crippen LogP contribution in [0.15, 0.2) is 30.3 Å². The summed E-state index contributed by atoms with van der Waals surface area (Å²) in [5.74, 6) is 0. The molecule has 0 N–H and O–H groups in total. The second-order valence-corrected chi connectivity index (χ2v) is 12.5. The van der Waals surface area contributed by atoms with E-state index in [0.29, 0.717) is 13.2 Å². The molecule has 0 saturated heterocycles. The van der Waals surface area contributed by atoms with E-state index in [0.717, 1.165) is 5.56 Å². The molecule has 0 bridgehead atoms. The van der Waals surface area contributed by atoms with Crippen molar-refractivity contribution in [2.45, 2.75) is 64.6 Å². The Kier molecular flexibility index (Phi) is 8.60. The summed E-state index contributed by atoms with van der Waals surface area (Å²) in [6, 6.07) is 10.2. The summed E-state index contributed by atoms with van der Waals surface area (Å²) >= 11 is 0. The second kappa shape index (κ2) is 9.68. The molecule has 24 heavy (non-hydrogen) atoms. The predicted molar refractivity (Wildman–Crippen MR) is 101 cm³/mol. The van der Waals surface area contributed by atoms with Gasteiger partial charge < -0.3 is 18.6 Å². The van der Waals surface area contributed by atoms with E-state index in [1.165, 1.54) is 0 Å². The van der Waals surface area contributed by atoms with E-state index in [9.17, 15) is 0 Å². The number of rotatable bonds is 10. The van der Waals surface area contributed by atoms with Gasteiger partial charge in [-0.25, -0.2) is 0 Å². The Morgan fingerprint density at radius 2 is 1.67 bits per heavy atom. The van der Waals surface area contributed by atoms with E-state index in [1.54, 1.807) is 7.11 Å². The molecule has 0 aliphatic rings. The van der Waals surface area contributed by atoms with Crippen LogP contribution in [0.1, 0.15) is 33.3 Å². The number of methoxy groups -OCH3 is 1. The largest absolute Gasteiger partial charge is 0.414 e. The molecule has 0 spiro atoms. The first-order valence-electron chi connectivity index (χ1n) is 8.57. The van der Waals surface area contributed by atoms with Gasteiger partial charge in [0.2, 0.25) is 0 Å². The Morgan fingerprint density at radius 3 is 2.21 bits per heavy atom. The zero-order chi connectivity index (χ0) is 18.2. The number of ether oxygens (including phenoxy) is 3. The zero-order valence-corrected chi connectivity index (χ0v) is 17.3. The Bertz CT molecular complexity index is 456. The van der Waals surface area contributed by atoms with Crippen molar-refractivity contribution in [2.24, 2.45) is 0 Å². The maximum Gasteiger partial charge on any atom is 0.192 e. The molecule has 0 aliphatic heterocycles. The second-order valence-electron chi connectivity index (χ2n) is 7.68. The fraction of sp³-hybridized carbons (Fsp3) is 0.684. The van der Waals surface area contributed by atoms with Crippen LogP contribution < -0.4 is 0 Å². The van der Waals surface area contributed by atoms with Crippen LogP contribution in [-0.4, -0.2) is 41.0 Å². The third-order valence-electron chi connectivity index (χ3n) is 4.69. The maximum absolute atomic E-state index is 6.34. The molecule has 0 amide bonds. The summed E-state index contributed by atoms with van der Waals surface area (Å²) < 4.78 is 23.1. The van der Waals surface area contributed by atoms with Gasteiger partial charge in [0, 0.05) is 7.11 Å². The Labute approximate surface area is 148 Å². The molecular weight excluding hydrogens is 320 g/mol. The van der Waals surface area contributed by atoms with Crippen molar-refractivity contribution in [3.63, 3.8) is 0 Å². The molecule has 0 saturated carbocycles. The van der Waals surface area contributed by atoms with Crippen molar-refractivity contribution in [3.05, 3.63) is 35.9 Å². The SMILES string of the molecule is COCO[C@@H](C)[C@@H](CO[Si](C)(C)C(C)(C)C)OCc1ccccc1. The highest BCUT2D eigenvalue weighted by Crippen LogP contribution is 2.36. The normalized spacial score (nSPS) is 15.3. The van der Waals surface area contributed by atoms with E-state index < -0.39 is 8.32 Å². The van der Waals surface area contributed by atoms with Gasteiger partial charge in [-0.1, -0.05) is 51.1 Å². The Hall–Kier alpha value is -0.723. The minimum atomic E-state index is -1.82. The highest BCUT2D eigenvalue weighted by atomic mass is 28.4. The molecule has 5 heteroatoms. The minimum absolute atomic E-state index is 0.0987. The molecule has 0 aromatic heterocycles. The molecule has 0 radical (unpaired) electrons. The van der Waals surface area contributed by atoms with E-state index in [1.807, 2.05) is 25.1 Å². The molecule has 138 valence electrons. The smallest absolute Gasteiger partial charge is 0.192 e. The minimum Gasteiger partial charge on any atom is -0.414 e. The quantitative estimate of drug-likeness (QED) is 0.454. The van der Waals surface area contributed by atoms with Gasteiger partial charge in [-0.05, 0) is 30.6 Å². The molecular formula is C19H34O4Si. The summed E-state index contributed by atoms with van der Waals surface area (Å²) in [6.07, 6.45) is -0.229. The predicted octanol–water partition coefficient (Wildman–Crippen LogP) is 4.60. The maximum atomic E-state index is 6.34. The average molecular weight is 355 g/mol. The molecule has 2 atom stereocenters. The summed E-state index contributed by atoms with van der Waals surface area (Å²) in [5, 5.41) is 0.174. The lowest BCUT2D eigenvalue weighted by Gasteiger charge is -2.38. The molecule has 0 unspecified atom stereocenters. The lowest BCUT2D eigenvalue weighted by molar-refractivity contribution is -0.134. The molecule has 0 fully saturated rings. The zero-order valence-electron chi connectivity index (χ0n) is 16.3. The van der Waals surface area contributed by atoms with E-state index >= 15 is 0 Å². The summed E-state index contributed by atoms with van der Waals surface area (Å²) in [7, 11) is -0.196. The molecule has 4 nitrogen and oxygen atoms in total. The van der Waals surface area contributed by atoms with Gasteiger partial charge >= 0.3 is 0 Å². The van der Waals surface area contributed by atoms with E-state index in [2.05, 4.69) is 46.0 Å². The average Bonchev–Trinajstić information content (AvgIpc) is 2.52. The molecule has 1 aromatic rings. The van der Waals surface area contributed by atoms with Crippen molar-refractivity contribution in [1.82, 2.24) is 0 Å². The van der Waals surface area contributed by atoms with Crippen molar-refractivity contribution in [2.75, 3.05) is 20.5 Å². The topological polar surface area (TPSA) is 36.9 Å². The lowest BCUT2D eigenvalue weighted by atomic mass is 10.2. The molecule has 1 aromatic carbocycles. The molecule has 1 rings (SSSR count). The van der Waals surface area contributed by atoms with Crippen molar-refractivity contribution in [1.29, 1.82) is 0 Å². The van der Waals surface area contributed by atoms with Gasteiger partial charge in [-0.15, -0.1) is 0 Å². The standard InChI is InChI=1S/C19H34O4Si/c1-16(22-15-20-5)18(14-23-24(6,7)19(2,3)4)21-13-17-11-9-8-10-12-17/h8-12,16,18H,13-15H2,1-7H3/t16-,18+/m0/s1. The summed E-state index contributed by atoms with van der Waals surface area (Å²) in [5.41, 5.74) is 1.15. The van der Waals surface area contributed by atoms with Crippen molar-refractivity contribution in [3.8, 4) is 0 Å². The van der Waals surface area contributed by atoms with Crippen LogP contribution in [0.25, 0.3) is 0 Å². The van der Waals surface area contributed by atoms with Crippen LogP contribution in [0.5, 0.6) is 0 Å². The van der Waals surface area contributed by atoms with Gasteiger partial charge in [0.1, 0.15) is 12.9 Å². The van der Waals surface area contributed by atoms with Crippen LogP contribution in [-0.2, 0) is 25.2 Å². The van der Waals surface area contributed by atoms with Crippen LogP contribution in [0.2, 0.25) is 18.1 Å². The Balaban J connectivity index is 2.67. The van der Waals surface area contributed by atoms with Gasteiger partial charge in [0.15, 0.2) is 8.32 Å². The first kappa shape index (κ1) is 21.3. The fourth-order valence-electron chi connectivity index (χ4n) is 1.89. The van der Waals surface area contributed by atoms with Gasteiger partial charge in [0.05, 0.1) is 19.3 Å². The van der Waals surface area contributed by atoms with Gasteiger partial charge in [-0.2, -0.15) is 0 Å². The summed E-state index contributed by atoms with van der Waals surface area (Å²) in [6.45, 7) is 14.6. The van der Waals surface area contributed by atoms with Crippen molar-refractivity contribution < 1.29 is 18.6 Å². The number of benzene rings is 1. The number of hydrogen-bond donors (Lipinski definition) is 0. The highest BCUT2D eigenvalue weighted by molar-refractivity contribution is 6.74. The Morgan fingerprint density at radius 1 is 1.04 bits per heavy atom. The van der Waals surface area contributed by atoms with Crippen LogP contribution >= 0.6 is 0 Å².